The fourth-order valence-electron chi connectivity index (χ4n) is 4.59. The number of alkyl halides is 2. The van der Waals surface area contributed by atoms with Gasteiger partial charge >= 0.3 is 0 Å². The van der Waals surface area contributed by atoms with Crippen LogP contribution in [0.25, 0.3) is 5.82 Å². The average molecular weight is 528 g/mol. The Balaban J connectivity index is 1.24. The average Bonchev–Trinajstić information content (AvgIpc) is 3.56. The van der Waals surface area contributed by atoms with Crippen LogP contribution in [0.3, 0.4) is 0 Å². The van der Waals surface area contributed by atoms with E-state index >= 15 is 0 Å². The molecule has 2 fully saturated rings. The second-order valence-electron chi connectivity index (χ2n) is 9.72. The van der Waals surface area contributed by atoms with Gasteiger partial charge in [0.25, 0.3) is 12.3 Å². The molecule has 0 radical (unpaired) electrons. The van der Waals surface area contributed by atoms with Crippen molar-refractivity contribution in [3.05, 3.63) is 60.0 Å². The molecule has 11 nitrogen and oxygen atoms in total. The van der Waals surface area contributed by atoms with Crippen LogP contribution < -0.4 is 26.4 Å². The van der Waals surface area contributed by atoms with Gasteiger partial charge in [0.05, 0.1) is 25.3 Å². The largest absolute Gasteiger partial charge is 0.365 e. The van der Waals surface area contributed by atoms with E-state index in [0.717, 1.165) is 12.0 Å². The first kappa shape index (κ1) is 25.9. The van der Waals surface area contributed by atoms with Gasteiger partial charge in [-0.25, -0.2) is 28.9 Å². The van der Waals surface area contributed by atoms with E-state index in [9.17, 15) is 13.6 Å². The highest BCUT2D eigenvalue weighted by molar-refractivity contribution is 5.89. The molecule has 3 aromatic heterocycles. The lowest BCUT2D eigenvalue weighted by atomic mass is 9.91. The van der Waals surface area contributed by atoms with Gasteiger partial charge in [0.1, 0.15) is 11.6 Å². The molecule has 2 aliphatic heterocycles. The number of hydrogen-bond donors (Lipinski definition) is 4. The van der Waals surface area contributed by atoms with Crippen molar-refractivity contribution >= 4 is 17.5 Å². The Kier molecular flexibility index (Phi) is 7.23. The molecule has 3 atom stereocenters. The van der Waals surface area contributed by atoms with Crippen molar-refractivity contribution in [2.45, 2.75) is 50.5 Å². The van der Waals surface area contributed by atoms with Crippen LogP contribution in [0.1, 0.15) is 43.9 Å². The summed E-state index contributed by atoms with van der Waals surface area (Å²) in [7, 11) is 1.47. The second-order valence-corrected chi connectivity index (χ2v) is 9.72. The zero-order valence-corrected chi connectivity index (χ0v) is 21.4. The number of anilines is 2. The molecule has 4 N–H and O–H groups in total. The Labute approximate surface area is 218 Å². The van der Waals surface area contributed by atoms with Crippen molar-refractivity contribution < 1.29 is 18.3 Å². The quantitative estimate of drug-likeness (QED) is 0.332. The lowest BCUT2D eigenvalue weighted by Gasteiger charge is -2.48. The van der Waals surface area contributed by atoms with Crippen LogP contribution >= 0.6 is 0 Å². The maximum atomic E-state index is 13.6. The van der Waals surface area contributed by atoms with E-state index in [0.29, 0.717) is 17.5 Å². The third-order valence-electron chi connectivity index (χ3n) is 6.88. The molecular formula is C25H31F2N9O2. The minimum atomic E-state index is -2.66. The summed E-state index contributed by atoms with van der Waals surface area (Å²) >= 11 is 0. The third kappa shape index (κ3) is 5.30. The molecule has 5 heterocycles. The summed E-state index contributed by atoms with van der Waals surface area (Å²) < 4.78 is 34.6. The van der Waals surface area contributed by atoms with Crippen LogP contribution in [0, 0.1) is 0 Å². The Morgan fingerprint density at radius 3 is 2.63 bits per heavy atom. The van der Waals surface area contributed by atoms with Crippen LogP contribution in [-0.4, -0.2) is 63.7 Å². The predicted molar refractivity (Wildman–Crippen MR) is 137 cm³/mol. The first-order chi connectivity index (χ1) is 18.3. The van der Waals surface area contributed by atoms with E-state index in [1.807, 2.05) is 32.0 Å². The van der Waals surface area contributed by atoms with Gasteiger partial charge in [-0.3, -0.25) is 10.2 Å². The molecule has 2 unspecified atom stereocenters. The molecule has 202 valence electrons. The lowest BCUT2D eigenvalue weighted by Crippen LogP contribution is -2.70. The summed E-state index contributed by atoms with van der Waals surface area (Å²) in [5.41, 5.74) is 5.72. The van der Waals surface area contributed by atoms with Gasteiger partial charge in [-0.05, 0) is 50.1 Å². The van der Waals surface area contributed by atoms with E-state index in [-0.39, 0.29) is 42.8 Å². The number of carbonyl (C=O) groups excluding carboxylic acids is 1. The van der Waals surface area contributed by atoms with Crippen LogP contribution in [0.2, 0.25) is 0 Å². The summed E-state index contributed by atoms with van der Waals surface area (Å²) in [4.78, 5) is 23.9. The van der Waals surface area contributed by atoms with Crippen molar-refractivity contribution in [3.8, 4) is 5.82 Å². The van der Waals surface area contributed by atoms with Gasteiger partial charge in [-0.1, -0.05) is 6.07 Å². The van der Waals surface area contributed by atoms with Gasteiger partial charge in [0, 0.05) is 37.3 Å². The summed E-state index contributed by atoms with van der Waals surface area (Å²) in [5, 5.41) is 10.3. The Morgan fingerprint density at radius 2 is 2.03 bits per heavy atom. The van der Waals surface area contributed by atoms with Crippen LogP contribution in [0.15, 0.2) is 48.9 Å². The van der Waals surface area contributed by atoms with Crippen molar-refractivity contribution in [2.75, 3.05) is 30.4 Å². The van der Waals surface area contributed by atoms with Crippen LogP contribution in [0.5, 0.6) is 0 Å². The molecule has 2 aliphatic rings. The van der Waals surface area contributed by atoms with Crippen molar-refractivity contribution in [1.29, 1.82) is 0 Å². The second kappa shape index (κ2) is 10.6. The molecule has 0 saturated carbocycles. The number of pyridine rings is 2. The third-order valence-corrected chi connectivity index (χ3v) is 6.88. The lowest BCUT2D eigenvalue weighted by molar-refractivity contribution is -0.147. The van der Waals surface area contributed by atoms with Gasteiger partial charge in [0.2, 0.25) is 0 Å². The molecule has 38 heavy (non-hydrogen) atoms. The maximum Gasteiger partial charge on any atom is 0.264 e. The molecule has 0 aliphatic carbocycles. The highest BCUT2D eigenvalue weighted by Crippen LogP contribution is 2.33. The number of ether oxygens (including phenoxy) is 1. The van der Waals surface area contributed by atoms with Crippen LogP contribution in [0.4, 0.5) is 20.4 Å². The first-order valence-corrected chi connectivity index (χ1v) is 12.4. The molecule has 3 aromatic rings. The molecule has 13 heteroatoms. The number of aromatic nitrogens is 4. The number of methoxy groups -OCH3 is 1. The molecular weight excluding hydrogens is 496 g/mol. The monoisotopic (exact) mass is 527 g/mol. The minimum Gasteiger partial charge on any atom is -0.365 e. The standard InChI is InChI=1S/C25H31F2N9O2/c1-15-9-20(34-33-15)31-19-10-18(23(26)27)11-22(32-19)35-13-25(14-35,38-3)24(37)30-16(2)17-5-6-21(28-12-17)36-8-4-7-29-36/h4-8,10-12,15-16,20,23,33-34H,9,13-14H2,1-3H3,(H,30,37)(H,31,32)/t15?,16-,20?/m0/s1. The molecule has 0 bridgehead atoms. The SMILES string of the molecule is COC1(C(=O)N[C@@H](C)c2ccc(-n3cccn3)nc2)CN(c2cc(C(F)F)cc(NC3CC(C)NN3)n2)C1. The number of hydrogen-bond acceptors (Lipinski definition) is 9. The number of nitrogens with one attached hydrogen (secondary N) is 4. The number of nitrogens with zero attached hydrogens (tertiary/aromatic N) is 5. The van der Waals surface area contributed by atoms with E-state index < -0.39 is 12.0 Å². The van der Waals surface area contributed by atoms with Gasteiger partial charge in [-0.15, -0.1) is 0 Å². The fraction of sp³-hybridized carbons (Fsp3) is 0.440. The molecule has 0 aromatic carbocycles. The molecule has 1 amide bonds. The number of rotatable bonds is 9. The zero-order chi connectivity index (χ0) is 26.9. The fourth-order valence-corrected chi connectivity index (χ4v) is 4.59. The van der Waals surface area contributed by atoms with Gasteiger partial charge in [-0.2, -0.15) is 5.10 Å². The Morgan fingerprint density at radius 1 is 1.21 bits per heavy atom. The molecule has 2 saturated heterocycles. The summed E-state index contributed by atoms with van der Waals surface area (Å²) in [5.74, 6) is 1.07. The summed E-state index contributed by atoms with van der Waals surface area (Å²) in [6, 6.07) is 8.14. The topological polar surface area (TPSA) is 121 Å². The highest BCUT2D eigenvalue weighted by Gasteiger charge is 2.51. The summed E-state index contributed by atoms with van der Waals surface area (Å²) in [6.45, 7) is 4.24. The number of carbonyl (C=O) groups is 1. The highest BCUT2D eigenvalue weighted by atomic mass is 19.3. The van der Waals surface area contributed by atoms with Crippen molar-refractivity contribution in [1.82, 2.24) is 35.9 Å². The van der Waals surface area contributed by atoms with Crippen LogP contribution in [-0.2, 0) is 9.53 Å². The summed E-state index contributed by atoms with van der Waals surface area (Å²) in [6.07, 6.45) is 3.14. The van der Waals surface area contributed by atoms with Crippen molar-refractivity contribution in [3.63, 3.8) is 0 Å². The van der Waals surface area contributed by atoms with E-state index in [1.54, 1.807) is 28.2 Å². The van der Waals surface area contributed by atoms with E-state index in [1.165, 1.54) is 19.2 Å². The zero-order valence-electron chi connectivity index (χ0n) is 21.4. The predicted octanol–water partition coefficient (Wildman–Crippen LogP) is 2.31. The Bertz CT molecular complexity index is 1250. The van der Waals surface area contributed by atoms with E-state index in [2.05, 4.69) is 36.6 Å². The molecule has 0 spiro atoms. The number of hydrazine groups is 1. The number of amides is 1. The molecule has 5 rings (SSSR count). The minimum absolute atomic E-state index is 0.136. The smallest absolute Gasteiger partial charge is 0.264 e. The normalized spacial score (nSPS) is 21.3. The van der Waals surface area contributed by atoms with E-state index in [4.69, 9.17) is 4.74 Å². The maximum absolute atomic E-state index is 13.6. The van der Waals surface area contributed by atoms with Gasteiger partial charge < -0.3 is 20.3 Å². The first-order valence-electron chi connectivity index (χ1n) is 12.4. The number of halogens is 2. The van der Waals surface area contributed by atoms with Crippen molar-refractivity contribution in [2.24, 2.45) is 0 Å². The Hall–Kier alpha value is -3.68. The van der Waals surface area contributed by atoms with Gasteiger partial charge in [0.15, 0.2) is 11.4 Å².